The highest BCUT2D eigenvalue weighted by Crippen LogP contribution is 2.37. The van der Waals surface area contributed by atoms with Gasteiger partial charge in [0.15, 0.2) is 12.4 Å². The van der Waals surface area contributed by atoms with Crippen molar-refractivity contribution in [2.45, 2.75) is 66.9 Å². The fraction of sp³-hybridized carbons (Fsp3) is 0.381. The number of Topliss-reactive ketones (excluding diaryl/α,β-unsaturated/α-hetero) is 1. The van der Waals surface area contributed by atoms with E-state index in [1.807, 2.05) is 13.8 Å². The first-order valence-electron chi connectivity index (χ1n) is 18.9. The van der Waals surface area contributed by atoms with E-state index in [2.05, 4.69) is 46.3 Å². The van der Waals surface area contributed by atoms with Crippen molar-refractivity contribution in [1.82, 2.24) is 15.2 Å². The van der Waals surface area contributed by atoms with Gasteiger partial charge in [-0.05, 0) is 87.8 Å². The summed E-state index contributed by atoms with van der Waals surface area (Å²) in [6.45, 7) is 17.0. The molecule has 0 aliphatic carbocycles. The third-order valence-electron chi connectivity index (χ3n) is 9.44. The number of aryl methyl sites for hydroxylation is 1. The number of rotatable bonds is 20. The average Bonchev–Trinajstić information content (AvgIpc) is 3.66. The average molecular weight is 839 g/mol. The van der Waals surface area contributed by atoms with Crippen LogP contribution in [0.5, 0.6) is 5.75 Å². The third kappa shape index (κ3) is 11.6. The predicted molar refractivity (Wildman–Crippen MR) is 223 cm³/mol. The minimum atomic E-state index is -0.823. The van der Waals surface area contributed by atoms with Gasteiger partial charge in [-0.2, -0.15) is 0 Å². The van der Waals surface area contributed by atoms with E-state index in [-0.39, 0.29) is 58.4 Å². The molecule has 1 atom stereocenters. The summed E-state index contributed by atoms with van der Waals surface area (Å²) >= 11 is 12.5. The molecule has 1 aliphatic heterocycles. The van der Waals surface area contributed by atoms with Crippen molar-refractivity contribution in [2.75, 3.05) is 50.0 Å². The summed E-state index contributed by atoms with van der Waals surface area (Å²) in [5, 5.41) is 8.49. The van der Waals surface area contributed by atoms with E-state index in [9.17, 15) is 28.8 Å². The van der Waals surface area contributed by atoms with E-state index in [4.69, 9.17) is 37.4 Å². The van der Waals surface area contributed by atoms with Crippen LogP contribution in [0, 0.1) is 13.8 Å². The number of benzene rings is 2. The molecular weight excluding hydrogens is 789 g/mol. The Morgan fingerprint density at radius 1 is 0.983 bits per heavy atom. The van der Waals surface area contributed by atoms with Crippen molar-refractivity contribution in [3.05, 3.63) is 86.2 Å². The second kappa shape index (κ2) is 20.8. The lowest BCUT2D eigenvalue weighted by Gasteiger charge is -2.18. The molecule has 0 bridgehead atoms. The van der Waals surface area contributed by atoms with Crippen LogP contribution >= 0.6 is 23.2 Å². The van der Waals surface area contributed by atoms with Crippen LogP contribution in [0.2, 0.25) is 10.0 Å². The van der Waals surface area contributed by atoms with Crippen molar-refractivity contribution < 1.29 is 43.0 Å². The van der Waals surface area contributed by atoms with E-state index >= 15 is 0 Å². The standard InChI is InChI=1S/C42H49Cl2N5O9/c1-8-23(4)40(53)28-12-14-33(39(44)38(28)43)56-22-36(52)57-21-24(5)58-35(51)16-15-34(50)47-27-11-13-31-29(19-27)30(41(54)48-31)20-32-25(6)37(26(7)46-32)42(55)45-17-18-49(9-2)10-3/h11-14,19-20,24,46H,4,8-10,15-18,21-22H2,1-3,5-7H3,(H,45,55)(H,47,50)(H,48,54)/b30-20-. The molecule has 0 saturated heterocycles. The molecule has 2 aromatic carbocycles. The Balaban J connectivity index is 1.25. The molecule has 310 valence electrons. The van der Waals surface area contributed by atoms with Crippen LogP contribution in [-0.2, 0) is 28.7 Å². The van der Waals surface area contributed by atoms with Crippen molar-refractivity contribution in [2.24, 2.45) is 0 Å². The number of esters is 2. The SMILES string of the molecule is C=C(CC)C(=O)c1ccc(OCC(=O)OCC(C)OC(=O)CCC(=O)Nc2ccc3c(c2)/C(=C/c2[nH]c(C)c(C(=O)NCCN(CC)CC)c2C)C(=O)N3)c(Cl)c1Cl. The van der Waals surface area contributed by atoms with Gasteiger partial charge in [-0.1, -0.05) is 50.6 Å². The maximum atomic E-state index is 13.1. The number of aromatic amines is 1. The van der Waals surface area contributed by atoms with Crippen molar-refractivity contribution in [1.29, 1.82) is 0 Å². The Hall–Kier alpha value is -5.44. The van der Waals surface area contributed by atoms with Gasteiger partial charge in [0.1, 0.15) is 23.5 Å². The zero-order chi connectivity index (χ0) is 42.7. The Kier molecular flexibility index (Phi) is 16.3. The maximum Gasteiger partial charge on any atom is 0.344 e. The second-order valence-corrected chi connectivity index (χ2v) is 14.3. The van der Waals surface area contributed by atoms with Gasteiger partial charge in [0, 0.05) is 53.4 Å². The van der Waals surface area contributed by atoms with Gasteiger partial charge in [0.25, 0.3) is 11.8 Å². The first kappa shape index (κ1) is 45.3. The van der Waals surface area contributed by atoms with Gasteiger partial charge in [0.05, 0.1) is 22.6 Å². The quantitative estimate of drug-likeness (QED) is 0.0529. The van der Waals surface area contributed by atoms with Crippen molar-refractivity contribution in [3.8, 4) is 5.75 Å². The highest BCUT2D eigenvalue weighted by Gasteiger charge is 2.27. The van der Waals surface area contributed by atoms with Crippen LogP contribution < -0.4 is 20.7 Å². The van der Waals surface area contributed by atoms with E-state index in [1.165, 1.54) is 19.1 Å². The second-order valence-electron chi connectivity index (χ2n) is 13.6. The lowest BCUT2D eigenvalue weighted by molar-refractivity contribution is -0.159. The molecule has 3 amide bonds. The normalized spacial score (nSPS) is 13.1. The number of nitrogens with one attached hydrogen (secondary N) is 4. The highest BCUT2D eigenvalue weighted by molar-refractivity contribution is 6.45. The lowest BCUT2D eigenvalue weighted by atomic mass is 10.0. The molecule has 58 heavy (non-hydrogen) atoms. The fourth-order valence-corrected chi connectivity index (χ4v) is 6.54. The van der Waals surface area contributed by atoms with E-state index in [1.54, 1.807) is 31.2 Å². The molecule has 0 spiro atoms. The minimum absolute atomic E-state index is 0.0260. The molecule has 4 rings (SSSR count). The summed E-state index contributed by atoms with van der Waals surface area (Å²) in [6.07, 6.45) is 0.861. The van der Waals surface area contributed by atoms with Crippen LogP contribution in [0.3, 0.4) is 0 Å². The third-order valence-corrected chi connectivity index (χ3v) is 10.3. The number of anilines is 2. The highest BCUT2D eigenvalue weighted by atomic mass is 35.5. The maximum absolute atomic E-state index is 13.1. The predicted octanol–water partition coefficient (Wildman–Crippen LogP) is 6.92. The van der Waals surface area contributed by atoms with Crippen LogP contribution in [0.1, 0.15) is 90.2 Å². The number of aromatic nitrogens is 1. The number of carbonyl (C=O) groups is 6. The smallest absolute Gasteiger partial charge is 0.344 e. The van der Waals surface area contributed by atoms with Crippen molar-refractivity contribution >= 4 is 81.7 Å². The number of fused-ring (bicyclic) bond motifs is 1. The van der Waals surface area contributed by atoms with Gasteiger partial charge in [0.2, 0.25) is 5.91 Å². The molecule has 3 aromatic rings. The lowest BCUT2D eigenvalue weighted by Crippen LogP contribution is -2.35. The Bertz CT molecular complexity index is 2120. The molecule has 0 saturated carbocycles. The van der Waals surface area contributed by atoms with E-state index < -0.39 is 30.6 Å². The number of likely N-dealkylation sites (N-methyl/N-ethyl adjacent to an activating group) is 1. The molecule has 14 nitrogen and oxygen atoms in total. The van der Waals surface area contributed by atoms with Gasteiger partial charge >= 0.3 is 11.9 Å². The number of ether oxygens (including phenoxy) is 3. The molecule has 2 heterocycles. The first-order chi connectivity index (χ1) is 27.6. The number of H-pyrrole nitrogens is 1. The number of halogens is 2. The number of nitrogens with zero attached hydrogens (tertiary/aromatic N) is 1. The van der Waals surface area contributed by atoms with Gasteiger partial charge in [-0.15, -0.1) is 0 Å². The Morgan fingerprint density at radius 2 is 1.71 bits per heavy atom. The summed E-state index contributed by atoms with van der Waals surface area (Å²) < 4.78 is 15.8. The molecule has 1 aliphatic rings. The minimum Gasteiger partial charge on any atom is -0.480 e. The number of carbonyl (C=O) groups excluding carboxylic acids is 6. The summed E-state index contributed by atoms with van der Waals surface area (Å²) in [5.74, 6) is -2.72. The van der Waals surface area contributed by atoms with Gasteiger partial charge < -0.3 is 40.0 Å². The van der Waals surface area contributed by atoms with Gasteiger partial charge in [-0.3, -0.25) is 24.0 Å². The largest absolute Gasteiger partial charge is 0.480 e. The van der Waals surface area contributed by atoms with Crippen LogP contribution in [0.4, 0.5) is 11.4 Å². The number of hydrogen-bond acceptors (Lipinski definition) is 10. The topological polar surface area (TPSA) is 185 Å². The molecule has 1 aromatic heterocycles. The Labute approximate surface area is 347 Å². The molecule has 0 radical (unpaired) electrons. The Morgan fingerprint density at radius 3 is 2.40 bits per heavy atom. The van der Waals surface area contributed by atoms with Crippen LogP contribution in [-0.4, -0.2) is 90.8 Å². The first-order valence-corrected chi connectivity index (χ1v) is 19.7. The zero-order valence-electron chi connectivity index (χ0n) is 33.5. The summed E-state index contributed by atoms with van der Waals surface area (Å²) in [7, 11) is 0. The summed E-state index contributed by atoms with van der Waals surface area (Å²) in [6, 6.07) is 7.80. The number of allylic oxidation sites excluding steroid dienone is 1. The number of ketones is 1. The van der Waals surface area contributed by atoms with E-state index in [0.717, 1.165) is 19.6 Å². The molecule has 16 heteroatoms. The number of amides is 3. The van der Waals surface area contributed by atoms with Gasteiger partial charge in [-0.25, -0.2) is 4.79 Å². The number of hydrogen-bond donors (Lipinski definition) is 4. The van der Waals surface area contributed by atoms with Crippen molar-refractivity contribution in [3.63, 3.8) is 0 Å². The monoisotopic (exact) mass is 837 g/mol. The molecule has 0 fully saturated rings. The molecule has 4 N–H and O–H groups in total. The van der Waals surface area contributed by atoms with Crippen LogP contribution in [0.15, 0.2) is 42.5 Å². The molecular formula is C42H49Cl2N5O9. The summed E-state index contributed by atoms with van der Waals surface area (Å²) in [5.41, 5.74) is 4.92. The van der Waals surface area contributed by atoms with E-state index in [0.29, 0.717) is 63.6 Å². The summed E-state index contributed by atoms with van der Waals surface area (Å²) in [4.78, 5) is 81.5. The zero-order valence-corrected chi connectivity index (χ0v) is 35.0. The van der Waals surface area contributed by atoms with Crippen LogP contribution in [0.25, 0.3) is 11.6 Å². The molecule has 1 unspecified atom stereocenters. The fourth-order valence-electron chi connectivity index (χ4n) is 6.08.